The van der Waals surface area contributed by atoms with Crippen molar-refractivity contribution in [3.8, 4) is 11.5 Å². The van der Waals surface area contributed by atoms with E-state index >= 15 is 0 Å². The highest BCUT2D eigenvalue weighted by molar-refractivity contribution is 6.32. The van der Waals surface area contributed by atoms with E-state index in [2.05, 4.69) is 15.3 Å². The topological polar surface area (TPSA) is 76.2 Å². The average molecular weight is 360 g/mol. The van der Waals surface area contributed by atoms with Crippen LogP contribution in [0.5, 0.6) is 11.5 Å². The molecule has 0 spiro atoms. The smallest absolute Gasteiger partial charge is 0.252 e. The first kappa shape index (κ1) is 17.1. The molecular weight excluding hydrogens is 342 g/mol. The molecule has 0 radical (unpaired) electrons. The fourth-order valence-corrected chi connectivity index (χ4v) is 2.86. The van der Waals surface area contributed by atoms with E-state index in [1.807, 2.05) is 31.2 Å². The zero-order valence-electron chi connectivity index (χ0n) is 14.1. The van der Waals surface area contributed by atoms with Gasteiger partial charge in [0.1, 0.15) is 5.82 Å². The minimum absolute atomic E-state index is 0.282. The summed E-state index contributed by atoms with van der Waals surface area (Å²) in [5.74, 6) is 1.19. The van der Waals surface area contributed by atoms with Gasteiger partial charge in [0.25, 0.3) is 5.91 Å². The molecule has 0 saturated heterocycles. The second-order valence-electron chi connectivity index (χ2n) is 5.53. The summed E-state index contributed by atoms with van der Waals surface area (Å²) in [4.78, 5) is 20.3. The molecule has 1 unspecified atom stereocenters. The first-order valence-electron chi connectivity index (χ1n) is 7.70. The molecule has 130 valence electrons. The number of hydrogen-bond donors (Lipinski definition) is 2. The third-order valence-corrected chi connectivity index (χ3v) is 4.14. The number of benzene rings is 2. The number of carbonyl (C=O) groups is 1. The number of nitrogens with zero attached hydrogens (tertiary/aromatic N) is 1. The Morgan fingerprint density at radius 3 is 2.68 bits per heavy atom. The van der Waals surface area contributed by atoms with Crippen LogP contribution in [0.25, 0.3) is 11.0 Å². The van der Waals surface area contributed by atoms with Crippen LogP contribution in [0, 0.1) is 0 Å². The van der Waals surface area contributed by atoms with Gasteiger partial charge in [0.05, 0.1) is 36.3 Å². The molecule has 25 heavy (non-hydrogen) atoms. The number of rotatable bonds is 5. The molecule has 6 nitrogen and oxygen atoms in total. The maximum Gasteiger partial charge on any atom is 0.252 e. The molecule has 1 aromatic heterocycles. The Balaban J connectivity index is 1.82. The minimum Gasteiger partial charge on any atom is -0.493 e. The molecule has 7 heteroatoms. The Morgan fingerprint density at radius 1 is 1.24 bits per heavy atom. The van der Waals surface area contributed by atoms with Gasteiger partial charge in [-0.15, -0.1) is 0 Å². The lowest BCUT2D eigenvalue weighted by molar-refractivity contribution is 0.0938. The second kappa shape index (κ2) is 7.03. The number of fused-ring (bicyclic) bond motifs is 1. The molecule has 0 aliphatic carbocycles. The number of aromatic nitrogens is 2. The van der Waals surface area contributed by atoms with E-state index in [0.29, 0.717) is 27.9 Å². The van der Waals surface area contributed by atoms with Crippen molar-refractivity contribution in [3.05, 3.63) is 52.8 Å². The van der Waals surface area contributed by atoms with Crippen LogP contribution >= 0.6 is 11.6 Å². The molecule has 2 N–H and O–H groups in total. The SMILES string of the molecule is COc1cc(C(=O)NC(C)c2nc3ccccc3[nH]2)cc(Cl)c1OC. The van der Waals surface area contributed by atoms with Crippen LogP contribution < -0.4 is 14.8 Å². The average Bonchev–Trinajstić information content (AvgIpc) is 3.05. The van der Waals surface area contributed by atoms with E-state index in [1.165, 1.54) is 14.2 Å². The van der Waals surface area contributed by atoms with Gasteiger partial charge in [0.2, 0.25) is 0 Å². The Morgan fingerprint density at radius 2 is 2.00 bits per heavy atom. The van der Waals surface area contributed by atoms with Crippen LogP contribution in [-0.4, -0.2) is 30.1 Å². The summed E-state index contributed by atoms with van der Waals surface area (Å²) < 4.78 is 10.4. The quantitative estimate of drug-likeness (QED) is 0.727. The number of amides is 1. The van der Waals surface area contributed by atoms with Crippen LogP contribution in [0.2, 0.25) is 5.02 Å². The number of imidazole rings is 1. The number of aromatic amines is 1. The molecule has 2 aromatic carbocycles. The Kier molecular flexibility index (Phi) is 4.81. The van der Waals surface area contributed by atoms with Crippen LogP contribution in [0.3, 0.4) is 0 Å². The van der Waals surface area contributed by atoms with E-state index in [4.69, 9.17) is 21.1 Å². The molecule has 0 saturated carbocycles. The second-order valence-corrected chi connectivity index (χ2v) is 5.94. The van der Waals surface area contributed by atoms with Gasteiger partial charge in [0, 0.05) is 5.56 Å². The number of ether oxygens (including phenoxy) is 2. The first-order valence-corrected chi connectivity index (χ1v) is 8.08. The summed E-state index contributed by atoms with van der Waals surface area (Å²) in [5, 5.41) is 3.21. The molecule has 1 atom stereocenters. The number of nitrogens with one attached hydrogen (secondary N) is 2. The fraction of sp³-hybridized carbons (Fsp3) is 0.222. The highest BCUT2D eigenvalue weighted by Gasteiger charge is 2.18. The van der Waals surface area contributed by atoms with Crippen molar-refractivity contribution in [1.82, 2.24) is 15.3 Å². The first-order chi connectivity index (χ1) is 12.0. The van der Waals surface area contributed by atoms with Crippen molar-refractivity contribution >= 4 is 28.5 Å². The van der Waals surface area contributed by atoms with Crippen molar-refractivity contribution < 1.29 is 14.3 Å². The number of hydrogen-bond acceptors (Lipinski definition) is 4. The molecule has 1 heterocycles. The van der Waals surface area contributed by atoms with Crippen molar-refractivity contribution in [2.24, 2.45) is 0 Å². The lowest BCUT2D eigenvalue weighted by Gasteiger charge is -2.14. The van der Waals surface area contributed by atoms with E-state index < -0.39 is 0 Å². The van der Waals surface area contributed by atoms with Crippen molar-refractivity contribution in [2.45, 2.75) is 13.0 Å². The third-order valence-electron chi connectivity index (χ3n) is 3.86. The zero-order valence-corrected chi connectivity index (χ0v) is 14.8. The number of H-pyrrole nitrogens is 1. The maximum absolute atomic E-state index is 12.6. The standard InChI is InChI=1S/C18H18ClN3O3/c1-10(17-21-13-6-4-5-7-14(13)22-17)20-18(23)11-8-12(19)16(25-3)15(9-11)24-2/h4-10H,1-3H3,(H,20,23)(H,21,22). The normalized spacial score (nSPS) is 12.0. The number of carbonyl (C=O) groups excluding carboxylic acids is 1. The molecule has 0 fully saturated rings. The summed E-state index contributed by atoms with van der Waals surface area (Å²) in [6.07, 6.45) is 0. The van der Waals surface area contributed by atoms with Gasteiger partial charge in [-0.3, -0.25) is 4.79 Å². The highest BCUT2D eigenvalue weighted by Crippen LogP contribution is 2.36. The summed E-state index contributed by atoms with van der Waals surface area (Å²) in [6, 6.07) is 10.5. The Labute approximate surface area is 150 Å². The van der Waals surface area contributed by atoms with Gasteiger partial charge < -0.3 is 19.8 Å². The molecule has 3 aromatic rings. The van der Waals surface area contributed by atoms with Crippen LogP contribution in [0.1, 0.15) is 29.1 Å². The summed E-state index contributed by atoms with van der Waals surface area (Å²) in [7, 11) is 2.99. The molecule has 0 bridgehead atoms. The summed E-state index contributed by atoms with van der Waals surface area (Å²) in [5.41, 5.74) is 2.16. The van der Waals surface area contributed by atoms with Gasteiger partial charge >= 0.3 is 0 Å². The highest BCUT2D eigenvalue weighted by atomic mass is 35.5. The Bertz CT molecular complexity index is 890. The van der Waals surface area contributed by atoms with Gasteiger partial charge in [-0.2, -0.15) is 0 Å². The summed E-state index contributed by atoms with van der Waals surface area (Å²) >= 11 is 6.16. The van der Waals surface area contributed by atoms with Gasteiger partial charge in [-0.1, -0.05) is 23.7 Å². The van der Waals surface area contributed by atoms with E-state index in [-0.39, 0.29) is 11.9 Å². The van der Waals surface area contributed by atoms with Crippen LogP contribution in [-0.2, 0) is 0 Å². The maximum atomic E-state index is 12.6. The molecule has 0 aliphatic heterocycles. The van der Waals surface area contributed by atoms with Gasteiger partial charge in [-0.25, -0.2) is 4.98 Å². The molecule has 1 amide bonds. The van der Waals surface area contributed by atoms with E-state index in [1.54, 1.807) is 12.1 Å². The minimum atomic E-state index is -0.299. The third kappa shape index (κ3) is 3.39. The fourth-order valence-electron chi connectivity index (χ4n) is 2.57. The molecule has 3 rings (SSSR count). The van der Waals surface area contributed by atoms with Crippen LogP contribution in [0.4, 0.5) is 0 Å². The zero-order chi connectivity index (χ0) is 18.0. The van der Waals surface area contributed by atoms with Crippen molar-refractivity contribution in [1.29, 1.82) is 0 Å². The van der Waals surface area contributed by atoms with Crippen molar-refractivity contribution in [3.63, 3.8) is 0 Å². The van der Waals surface area contributed by atoms with Crippen LogP contribution in [0.15, 0.2) is 36.4 Å². The lowest BCUT2D eigenvalue weighted by atomic mass is 10.1. The van der Waals surface area contributed by atoms with E-state index in [0.717, 1.165) is 11.0 Å². The summed E-state index contributed by atoms with van der Waals surface area (Å²) in [6.45, 7) is 1.86. The largest absolute Gasteiger partial charge is 0.493 e. The molecular formula is C18H18ClN3O3. The number of methoxy groups -OCH3 is 2. The Hall–Kier alpha value is -2.73. The number of para-hydroxylation sites is 2. The van der Waals surface area contributed by atoms with Gasteiger partial charge in [-0.05, 0) is 31.2 Å². The predicted molar refractivity (Wildman–Crippen MR) is 96.5 cm³/mol. The number of halogens is 1. The predicted octanol–water partition coefficient (Wildman–Crippen LogP) is 3.72. The molecule has 0 aliphatic rings. The van der Waals surface area contributed by atoms with Gasteiger partial charge in [0.15, 0.2) is 11.5 Å². The lowest BCUT2D eigenvalue weighted by Crippen LogP contribution is -2.27. The monoisotopic (exact) mass is 359 g/mol. The van der Waals surface area contributed by atoms with E-state index in [9.17, 15) is 4.79 Å². The van der Waals surface area contributed by atoms with Crippen molar-refractivity contribution in [2.75, 3.05) is 14.2 Å².